The maximum absolute atomic E-state index is 12.6. The van der Waals surface area contributed by atoms with E-state index in [0.29, 0.717) is 29.3 Å². The van der Waals surface area contributed by atoms with Crippen LogP contribution < -0.4 is 15.2 Å². The Labute approximate surface area is 157 Å². The van der Waals surface area contributed by atoms with Crippen molar-refractivity contribution in [2.24, 2.45) is 5.10 Å². The van der Waals surface area contributed by atoms with Crippen molar-refractivity contribution in [2.75, 3.05) is 26.2 Å². The predicted molar refractivity (Wildman–Crippen MR) is 101 cm³/mol. The zero-order valence-corrected chi connectivity index (χ0v) is 15.3. The molecule has 1 atom stereocenters. The van der Waals surface area contributed by atoms with Crippen molar-refractivity contribution in [2.45, 2.75) is 19.4 Å². The van der Waals surface area contributed by atoms with E-state index in [9.17, 15) is 4.79 Å². The van der Waals surface area contributed by atoms with Gasteiger partial charge in [0.1, 0.15) is 6.61 Å². The zero-order valence-electron chi connectivity index (χ0n) is 15.3. The lowest BCUT2D eigenvalue weighted by atomic mass is 9.94. The van der Waals surface area contributed by atoms with Gasteiger partial charge in [-0.3, -0.25) is 4.79 Å². The van der Waals surface area contributed by atoms with Crippen LogP contribution in [0.3, 0.4) is 0 Å². The van der Waals surface area contributed by atoms with E-state index >= 15 is 0 Å². The molecule has 140 valence electrons. The van der Waals surface area contributed by atoms with Crippen molar-refractivity contribution in [3.63, 3.8) is 0 Å². The lowest BCUT2D eigenvalue weighted by Crippen LogP contribution is -2.37. The van der Waals surface area contributed by atoms with E-state index in [1.807, 2.05) is 43.3 Å². The fourth-order valence-corrected chi connectivity index (χ4v) is 3.38. The molecule has 0 spiro atoms. The number of hydrogen-bond acceptors (Lipinski definition) is 6. The van der Waals surface area contributed by atoms with E-state index < -0.39 is 0 Å². The molecule has 0 bridgehead atoms. The largest absolute Gasteiger partial charge is 0.454 e. The van der Waals surface area contributed by atoms with Gasteiger partial charge < -0.3 is 19.9 Å². The number of rotatable bonds is 3. The summed E-state index contributed by atoms with van der Waals surface area (Å²) >= 11 is 0. The third-order valence-electron chi connectivity index (χ3n) is 4.70. The van der Waals surface area contributed by atoms with Gasteiger partial charge in [0.05, 0.1) is 11.8 Å². The highest BCUT2D eigenvalue weighted by molar-refractivity contribution is 6.14. The molecular weight excluding hydrogens is 346 g/mol. The molecule has 0 fully saturated rings. The SMILES string of the molecule is COCC(=O)N1N=C(c2ccc(N)cc2)c2cc3c(cc2CC1C)OCO3. The highest BCUT2D eigenvalue weighted by Crippen LogP contribution is 2.37. The number of nitrogen functional groups attached to an aromatic ring is 1. The van der Waals surface area contributed by atoms with Gasteiger partial charge in [-0.2, -0.15) is 5.10 Å². The molecule has 2 heterocycles. The number of ether oxygens (including phenoxy) is 3. The summed E-state index contributed by atoms with van der Waals surface area (Å²) in [5.41, 5.74) is 10.0. The number of carbonyl (C=O) groups is 1. The Kier molecular flexibility index (Phi) is 4.45. The molecule has 0 saturated heterocycles. The highest BCUT2D eigenvalue weighted by atomic mass is 16.7. The summed E-state index contributed by atoms with van der Waals surface area (Å²) < 4.78 is 16.1. The van der Waals surface area contributed by atoms with Crippen LogP contribution in [0.4, 0.5) is 5.69 Å². The molecule has 2 aliphatic rings. The van der Waals surface area contributed by atoms with Crippen LogP contribution in [0, 0.1) is 0 Å². The van der Waals surface area contributed by atoms with Crippen LogP contribution in [-0.2, 0) is 16.0 Å². The van der Waals surface area contributed by atoms with Crippen molar-refractivity contribution in [1.82, 2.24) is 5.01 Å². The third-order valence-corrected chi connectivity index (χ3v) is 4.70. The lowest BCUT2D eigenvalue weighted by molar-refractivity contribution is -0.137. The van der Waals surface area contributed by atoms with Gasteiger partial charge in [-0.1, -0.05) is 12.1 Å². The number of benzene rings is 2. The van der Waals surface area contributed by atoms with Gasteiger partial charge in [-0.05, 0) is 43.2 Å². The van der Waals surface area contributed by atoms with E-state index in [1.54, 1.807) is 0 Å². The first-order valence-corrected chi connectivity index (χ1v) is 8.75. The maximum atomic E-state index is 12.6. The van der Waals surface area contributed by atoms with E-state index in [2.05, 4.69) is 0 Å². The van der Waals surface area contributed by atoms with Crippen LogP contribution in [0.25, 0.3) is 0 Å². The topological polar surface area (TPSA) is 86.4 Å². The minimum absolute atomic E-state index is 0.0259. The van der Waals surface area contributed by atoms with Gasteiger partial charge in [0.15, 0.2) is 11.5 Å². The number of nitrogens with zero attached hydrogens (tertiary/aromatic N) is 2. The summed E-state index contributed by atoms with van der Waals surface area (Å²) in [5, 5.41) is 6.23. The van der Waals surface area contributed by atoms with Crippen LogP contribution in [0.5, 0.6) is 11.5 Å². The number of nitrogens with two attached hydrogens (primary N) is 1. The summed E-state index contributed by atoms with van der Waals surface area (Å²) in [5.74, 6) is 1.21. The number of fused-ring (bicyclic) bond motifs is 2. The van der Waals surface area contributed by atoms with Crippen molar-refractivity contribution in [3.8, 4) is 11.5 Å². The Morgan fingerprint density at radius 3 is 2.67 bits per heavy atom. The Morgan fingerprint density at radius 2 is 1.96 bits per heavy atom. The molecule has 2 aromatic rings. The highest BCUT2D eigenvalue weighted by Gasteiger charge is 2.29. The van der Waals surface area contributed by atoms with Crippen molar-refractivity contribution in [1.29, 1.82) is 0 Å². The quantitative estimate of drug-likeness (QED) is 0.840. The van der Waals surface area contributed by atoms with Crippen LogP contribution in [0.2, 0.25) is 0 Å². The van der Waals surface area contributed by atoms with Gasteiger partial charge in [0.2, 0.25) is 6.79 Å². The minimum Gasteiger partial charge on any atom is -0.454 e. The third kappa shape index (κ3) is 3.21. The summed E-state index contributed by atoms with van der Waals surface area (Å²) in [7, 11) is 1.50. The molecule has 7 nitrogen and oxygen atoms in total. The summed E-state index contributed by atoms with van der Waals surface area (Å²) in [6, 6.07) is 11.2. The van der Waals surface area contributed by atoms with Crippen molar-refractivity contribution >= 4 is 17.3 Å². The summed E-state index contributed by atoms with van der Waals surface area (Å²) in [6.07, 6.45) is 0.642. The van der Waals surface area contributed by atoms with E-state index in [-0.39, 0.29) is 25.3 Å². The summed E-state index contributed by atoms with van der Waals surface area (Å²) in [4.78, 5) is 12.6. The van der Waals surface area contributed by atoms with Crippen LogP contribution in [-0.4, -0.2) is 43.2 Å². The Balaban J connectivity index is 1.87. The molecule has 2 N–H and O–H groups in total. The van der Waals surface area contributed by atoms with Gasteiger partial charge >= 0.3 is 0 Å². The van der Waals surface area contributed by atoms with Gasteiger partial charge in [-0.15, -0.1) is 0 Å². The average molecular weight is 367 g/mol. The number of carbonyl (C=O) groups excluding carboxylic acids is 1. The Hall–Kier alpha value is -3.06. The molecule has 2 aliphatic heterocycles. The first kappa shape index (κ1) is 17.4. The molecule has 0 aliphatic carbocycles. The zero-order chi connectivity index (χ0) is 19.0. The van der Waals surface area contributed by atoms with Crippen LogP contribution in [0.15, 0.2) is 41.5 Å². The standard InChI is InChI=1S/C20H21N3O4/c1-12-7-14-8-17-18(27-11-26-17)9-16(14)20(13-3-5-15(21)6-4-13)22-23(12)19(24)10-25-2/h3-6,8-9,12H,7,10-11,21H2,1-2H3. The molecule has 7 heteroatoms. The van der Waals surface area contributed by atoms with Crippen LogP contribution >= 0.6 is 0 Å². The average Bonchev–Trinajstić information content (AvgIpc) is 3.05. The molecule has 0 saturated carbocycles. The molecule has 0 radical (unpaired) electrons. The van der Waals surface area contributed by atoms with E-state index in [0.717, 1.165) is 16.7 Å². The van der Waals surface area contributed by atoms with Crippen molar-refractivity contribution < 1.29 is 19.0 Å². The normalized spacial score (nSPS) is 17.9. The number of hydrazone groups is 1. The Bertz CT molecular complexity index is 908. The first-order chi connectivity index (χ1) is 13.1. The molecule has 1 unspecified atom stereocenters. The van der Waals surface area contributed by atoms with Gasteiger partial charge in [0.25, 0.3) is 5.91 Å². The molecule has 1 amide bonds. The first-order valence-electron chi connectivity index (χ1n) is 8.75. The molecule has 27 heavy (non-hydrogen) atoms. The van der Waals surface area contributed by atoms with Gasteiger partial charge in [0, 0.05) is 23.9 Å². The molecule has 0 aromatic heterocycles. The van der Waals surface area contributed by atoms with Crippen LogP contribution in [0.1, 0.15) is 23.6 Å². The minimum atomic E-state index is -0.189. The monoisotopic (exact) mass is 367 g/mol. The smallest absolute Gasteiger partial charge is 0.268 e. The number of methoxy groups -OCH3 is 1. The lowest BCUT2D eigenvalue weighted by Gasteiger charge is -2.23. The van der Waals surface area contributed by atoms with E-state index in [4.69, 9.17) is 25.0 Å². The molecular formula is C20H21N3O4. The van der Waals surface area contributed by atoms with Crippen molar-refractivity contribution in [3.05, 3.63) is 53.1 Å². The fraction of sp³-hybridized carbons (Fsp3) is 0.300. The van der Waals surface area contributed by atoms with Gasteiger partial charge in [-0.25, -0.2) is 5.01 Å². The predicted octanol–water partition coefficient (Wildman–Crippen LogP) is 2.17. The second-order valence-corrected chi connectivity index (χ2v) is 6.66. The number of hydrogen-bond donors (Lipinski definition) is 1. The molecule has 4 rings (SSSR count). The Morgan fingerprint density at radius 1 is 1.26 bits per heavy atom. The van der Waals surface area contributed by atoms with E-state index in [1.165, 1.54) is 12.1 Å². The fourth-order valence-electron chi connectivity index (χ4n) is 3.38. The number of amides is 1. The summed E-state index contributed by atoms with van der Waals surface area (Å²) in [6.45, 7) is 2.15. The number of anilines is 1. The second kappa shape index (κ2) is 6.92. The second-order valence-electron chi connectivity index (χ2n) is 6.66. The maximum Gasteiger partial charge on any atom is 0.268 e. The molecule has 2 aromatic carbocycles.